The van der Waals surface area contributed by atoms with Crippen LogP contribution in [0.3, 0.4) is 0 Å². The van der Waals surface area contributed by atoms with Crippen molar-refractivity contribution in [2.75, 3.05) is 23.8 Å². The maximum absolute atomic E-state index is 11.9. The van der Waals surface area contributed by atoms with Crippen molar-refractivity contribution in [1.82, 2.24) is 5.32 Å². The molecule has 2 aromatic carbocycles. The van der Waals surface area contributed by atoms with Gasteiger partial charge in [-0.05, 0) is 43.7 Å². The van der Waals surface area contributed by atoms with Crippen molar-refractivity contribution in [2.45, 2.75) is 20.8 Å². The quantitative estimate of drug-likeness (QED) is 0.704. The average molecular weight is 341 g/mol. The number of aryl methyl sites for hydroxylation is 2. The van der Waals surface area contributed by atoms with Crippen molar-refractivity contribution < 1.29 is 14.3 Å². The molecule has 2 aromatic rings. The van der Waals surface area contributed by atoms with Gasteiger partial charge in [-0.1, -0.05) is 23.8 Å². The molecule has 0 atom stereocenters. The van der Waals surface area contributed by atoms with Crippen LogP contribution in [0.4, 0.5) is 16.2 Å². The molecule has 0 aromatic heterocycles. The first-order valence-electron chi connectivity index (χ1n) is 8.06. The summed E-state index contributed by atoms with van der Waals surface area (Å²) in [7, 11) is 0. The summed E-state index contributed by atoms with van der Waals surface area (Å²) in [6.45, 7) is 6.10. The Labute approximate surface area is 147 Å². The second-order valence-corrected chi connectivity index (χ2v) is 5.75. The molecule has 0 aliphatic heterocycles. The van der Waals surface area contributed by atoms with Gasteiger partial charge >= 0.3 is 6.03 Å². The van der Waals surface area contributed by atoms with Crippen LogP contribution in [-0.2, 0) is 4.79 Å². The lowest BCUT2D eigenvalue weighted by Gasteiger charge is -2.12. The number of rotatable bonds is 6. The van der Waals surface area contributed by atoms with Gasteiger partial charge in [0.1, 0.15) is 12.4 Å². The van der Waals surface area contributed by atoms with Crippen LogP contribution in [0.1, 0.15) is 18.1 Å². The van der Waals surface area contributed by atoms with E-state index in [9.17, 15) is 9.59 Å². The van der Waals surface area contributed by atoms with Gasteiger partial charge in [0.05, 0.1) is 6.54 Å². The summed E-state index contributed by atoms with van der Waals surface area (Å²) in [6.07, 6.45) is 0. The lowest BCUT2D eigenvalue weighted by atomic mass is 10.2. The van der Waals surface area contributed by atoms with Crippen molar-refractivity contribution in [3.8, 4) is 5.75 Å². The third-order valence-electron chi connectivity index (χ3n) is 3.48. The lowest BCUT2D eigenvalue weighted by Crippen LogP contribution is -2.32. The minimum absolute atomic E-state index is 0.155. The predicted molar refractivity (Wildman–Crippen MR) is 99.2 cm³/mol. The van der Waals surface area contributed by atoms with E-state index in [1.165, 1.54) is 12.5 Å². The highest BCUT2D eigenvalue weighted by Gasteiger charge is 2.05. The van der Waals surface area contributed by atoms with Crippen molar-refractivity contribution in [3.05, 3.63) is 53.6 Å². The van der Waals surface area contributed by atoms with Gasteiger partial charge in [-0.15, -0.1) is 0 Å². The second kappa shape index (κ2) is 8.73. The van der Waals surface area contributed by atoms with E-state index in [4.69, 9.17) is 4.74 Å². The van der Waals surface area contributed by atoms with Crippen LogP contribution in [0.25, 0.3) is 0 Å². The van der Waals surface area contributed by atoms with Gasteiger partial charge in [-0.25, -0.2) is 4.79 Å². The van der Waals surface area contributed by atoms with E-state index in [1.807, 2.05) is 44.2 Å². The van der Waals surface area contributed by atoms with E-state index in [0.29, 0.717) is 24.5 Å². The standard InChI is InChI=1S/C19H23N3O3/c1-13-4-8-17(9-5-13)25-11-10-20-19(24)22-16-7-6-14(2)18(12-16)21-15(3)23/h4-9,12H,10-11H2,1-3H3,(H,21,23)(H2,20,22,24). The number of amides is 3. The van der Waals surface area contributed by atoms with Crippen molar-refractivity contribution in [2.24, 2.45) is 0 Å². The molecule has 0 radical (unpaired) electrons. The Morgan fingerprint density at radius 1 is 1.00 bits per heavy atom. The monoisotopic (exact) mass is 341 g/mol. The number of nitrogens with one attached hydrogen (secondary N) is 3. The van der Waals surface area contributed by atoms with Crippen molar-refractivity contribution >= 4 is 23.3 Å². The van der Waals surface area contributed by atoms with Crippen molar-refractivity contribution in [1.29, 1.82) is 0 Å². The molecule has 0 unspecified atom stereocenters. The van der Waals surface area contributed by atoms with Gasteiger partial charge in [-0.3, -0.25) is 4.79 Å². The van der Waals surface area contributed by atoms with E-state index in [-0.39, 0.29) is 11.9 Å². The summed E-state index contributed by atoms with van der Waals surface area (Å²) in [6, 6.07) is 12.7. The third-order valence-corrected chi connectivity index (χ3v) is 3.48. The number of anilines is 2. The summed E-state index contributed by atoms with van der Waals surface area (Å²) < 4.78 is 5.55. The Kier molecular flexibility index (Phi) is 6.39. The summed E-state index contributed by atoms with van der Waals surface area (Å²) in [4.78, 5) is 23.1. The SMILES string of the molecule is CC(=O)Nc1cc(NC(=O)NCCOc2ccc(C)cc2)ccc1C. The molecular weight excluding hydrogens is 318 g/mol. The Bertz CT molecular complexity index is 742. The number of carbonyl (C=O) groups is 2. The van der Waals surface area contributed by atoms with Crippen LogP contribution in [0.2, 0.25) is 0 Å². The second-order valence-electron chi connectivity index (χ2n) is 5.75. The fourth-order valence-electron chi connectivity index (χ4n) is 2.17. The van der Waals surface area contributed by atoms with Gasteiger partial charge in [-0.2, -0.15) is 0 Å². The highest BCUT2D eigenvalue weighted by atomic mass is 16.5. The highest BCUT2D eigenvalue weighted by molar-refractivity contribution is 5.93. The number of benzene rings is 2. The van der Waals surface area contributed by atoms with E-state index >= 15 is 0 Å². The first-order valence-corrected chi connectivity index (χ1v) is 8.06. The number of carbonyl (C=O) groups excluding carboxylic acids is 2. The predicted octanol–water partition coefficient (Wildman–Crippen LogP) is 3.46. The van der Waals surface area contributed by atoms with E-state index in [2.05, 4.69) is 16.0 Å². The molecule has 0 saturated carbocycles. The van der Waals surface area contributed by atoms with E-state index < -0.39 is 0 Å². The summed E-state index contributed by atoms with van der Waals surface area (Å²) >= 11 is 0. The Balaban J connectivity index is 1.78. The smallest absolute Gasteiger partial charge is 0.319 e. The molecule has 3 amide bonds. The van der Waals surface area contributed by atoms with E-state index in [1.54, 1.807) is 12.1 Å². The zero-order valence-electron chi connectivity index (χ0n) is 14.7. The minimum Gasteiger partial charge on any atom is -0.492 e. The molecule has 132 valence electrons. The average Bonchev–Trinajstić information content (AvgIpc) is 2.56. The number of hydrogen-bond acceptors (Lipinski definition) is 3. The molecule has 3 N–H and O–H groups in total. The molecule has 0 aliphatic carbocycles. The van der Waals surface area contributed by atoms with Crippen LogP contribution in [0.15, 0.2) is 42.5 Å². The van der Waals surface area contributed by atoms with E-state index in [0.717, 1.165) is 11.3 Å². The molecule has 0 fully saturated rings. The zero-order chi connectivity index (χ0) is 18.2. The molecule has 0 heterocycles. The first kappa shape index (κ1) is 18.3. The zero-order valence-corrected chi connectivity index (χ0v) is 14.7. The number of ether oxygens (including phenoxy) is 1. The highest BCUT2D eigenvalue weighted by Crippen LogP contribution is 2.20. The Morgan fingerprint density at radius 3 is 2.40 bits per heavy atom. The van der Waals surface area contributed by atoms with Gasteiger partial charge < -0.3 is 20.7 Å². The number of hydrogen-bond donors (Lipinski definition) is 3. The first-order chi connectivity index (χ1) is 11.9. The molecule has 2 rings (SSSR count). The Morgan fingerprint density at radius 2 is 1.72 bits per heavy atom. The van der Waals surface area contributed by atoms with Gasteiger partial charge in [0.2, 0.25) is 5.91 Å². The summed E-state index contributed by atoms with van der Waals surface area (Å²) in [5.74, 6) is 0.615. The lowest BCUT2D eigenvalue weighted by molar-refractivity contribution is -0.114. The molecule has 6 heteroatoms. The van der Waals surface area contributed by atoms with Crippen molar-refractivity contribution in [3.63, 3.8) is 0 Å². The molecule has 25 heavy (non-hydrogen) atoms. The number of urea groups is 1. The van der Waals surface area contributed by atoms with Crippen LogP contribution in [0.5, 0.6) is 5.75 Å². The van der Waals surface area contributed by atoms with Crippen LogP contribution in [-0.4, -0.2) is 25.1 Å². The normalized spacial score (nSPS) is 10.0. The minimum atomic E-state index is -0.329. The maximum atomic E-state index is 11.9. The Hall–Kier alpha value is -3.02. The third kappa shape index (κ3) is 6.18. The van der Waals surface area contributed by atoms with Gasteiger partial charge in [0.25, 0.3) is 0 Å². The van der Waals surface area contributed by atoms with Crippen LogP contribution < -0.4 is 20.7 Å². The fourth-order valence-corrected chi connectivity index (χ4v) is 2.17. The molecule has 0 saturated heterocycles. The largest absolute Gasteiger partial charge is 0.492 e. The molecule has 6 nitrogen and oxygen atoms in total. The maximum Gasteiger partial charge on any atom is 0.319 e. The van der Waals surface area contributed by atoms with Crippen LogP contribution >= 0.6 is 0 Å². The van der Waals surface area contributed by atoms with Gasteiger partial charge in [0, 0.05) is 18.3 Å². The van der Waals surface area contributed by atoms with Gasteiger partial charge in [0.15, 0.2) is 0 Å². The molecule has 0 spiro atoms. The van der Waals surface area contributed by atoms with Crippen LogP contribution in [0, 0.1) is 13.8 Å². The fraction of sp³-hybridized carbons (Fsp3) is 0.263. The molecule has 0 bridgehead atoms. The topological polar surface area (TPSA) is 79.5 Å². The summed E-state index contributed by atoms with van der Waals surface area (Å²) in [5.41, 5.74) is 3.37. The summed E-state index contributed by atoms with van der Waals surface area (Å²) in [5, 5.41) is 8.19. The molecular formula is C19H23N3O3. The molecule has 0 aliphatic rings.